The third-order valence-corrected chi connectivity index (χ3v) is 6.26. The van der Waals surface area contributed by atoms with Gasteiger partial charge in [0.25, 0.3) is 5.91 Å². The number of fused-ring (bicyclic) bond motifs is 1. The number of hydrogen-bond acceptors (Lipinski definition) is 4. The highest BCUT2D eigenvalue weighted by atomic mass is 16.2. The molecule has 1 saturated heterocycles. The number of nitrogens with zero attached hydrogens (tertiary/aromatic N) is 4. The van der Waals surface area contributed by atoms with Crippen molar-refractivity contribution in [2.75, 3.05) is 45.7 Å². The zero-order valence-electron chi connectivity index (χ0n) is 17.9. The average Bonchev–Trinajstić information content (AvgIpc) is 2.73. The zero-order chi connectivity index (χ0) is 20.4. The molecule has 0 N–H and O–H groups in total. The van der Waals surface area contributed by atoms with E-state index in [4.69, 9.17) is 0 Å². The second-order valence-electron chi connectivity index (χ2n) is 8.73. The van der Waals surface area contributed by atoms with Gasteiger partial charge in [-0.2, -0.15) is 0 Å². The predicted octanol–water partition coefficient (Wildman–Crippen LogP) is 3.55. The SMILES string of the molecule is CN(C)C(=O)c1ccc([C@H]2CCCN(Cc3ccc4c(c3)CCCN4C)C2)nc1. The maximum atomic E-state index is 12.1. The molecule has 0 saturated carbocycles. The van der Waals surface area contributed by atoms with Crippen LogP contribution in [0.25, 0.3) is 0 Å². The van der Waals surface area contributed by atoms with Crippen LogP contribution in [0.4, 0.5) is 5.69 Å². The number of anilines is 1. The minimum atomic E-state index is 0.00683. The molecule has 0 unspecified atom stereocenters. The van der Waals surface area contributed by atoms with Crippen molar-refractivity contribution in [2.24, 2.45) is 0 Å². The van der Waals surface area contributed by atoms with Crippen LogP contribution in [0.1, 0.15) is 52.4 Å². The van der Waals surface area contributed by atoms with Crippen molar-refractivity contribution >= 4 is 11.6 Å². The summed E-state index contributed by atoms with van der Waals surface area (Å²) in [6.45, 7) is 4.34. The van der Waals surface area contributed by atoms with Crippen LogP contribution in [0.3, 0.4) is 0 Å². The predicted molar refractivity (Wildman–Crippen MR) is 118 cm³/mol. The standard InChI is InChI=1S/C24H32N4O/c1-26(2)24(29)20-9-10-22(25-15-20)21-7-5-13-28(17-21)16-18-8-11-23-19(14-18)6-4-12-27(23)3/h8-11,14-15,21H,4-7,12-13,16-17H2,1-3H3/t21-/m0/s1. The highest BCUT2D eigenvalue weighted by molar-refractivity contribution is 5.93. The van der Waals surface area contributed by atoms with Gasteiger partial charge in [0, 0.05) is 64.3 Å². The van der Waals surface area contributed by atoms with Crippen molar-refractivity contribution in [3.8, 4) is 0 Å². The summed E-state index contributed by atoms with van der Waals surface area (Å²) in [4.78, 5) is 23.2. The minimum absolute atomic E-state index is 0.00683. The van der Waals surface area contributed by atoms with Crippen molar-refractivity contribution in [1.82, 2.24) is 14.8 Å². The van der Waals surface area contributed by atoms with Gasteiger partial charge in [0.15, 0.2) is 0 Å². The summed E-state index contributed by atoms with van der Waals surface area (Å²) in [6.07, 6.45) is 6.53. The van der Waals surface area contributed by atoms with E-state index in [0.717, 1.165) is 31.9 Å². The Morgan fingerprint density at radius 1 is 1.17 bits per heavy atom. The van der Waals surface area contributed by atoms with Gasteiger partial charge in [-0.05, 0) is 61.6 Å². The molecule has 2 aliphatic heterocycles. The highest BCUT2D eigenvalue weighted by Gasteiger charge is 2.23. The van der Waals surface area contributed by atoms with Crippen LogP contribution in [-0.4, -0.2) is 61.5 Å². The van der Waals surface area contributed by atoms with Gasteiger partial charge in [0.1, 0.15) is 0 Å². The molecule has 2 aromatic rings. The van der Waals surface area contributed by atoms with Gasteiger partial charge in [0.05, 0.1) is 5.56 Å². The first-order chi connectivity index (χ1) is 14.0. The van der Waals surface area contributed by atoms with Gasteiger partial charge < -0.3 is 9.80 Å². The lowest BCUT2D eigenvalue weighted by molar-refractivity contribution is 0.0827. The molecule has 1 amide bonds. The van der Waals surface area contributed by atoms with E-state index in [2.05, 4.69) is 40.0 Å². The summed E-state index contributed by atoms with van der Waals surface area (Å²) in [5.41, 5.74) is 6.07. The number of carbonyl (C=O) groups is 1. The molecule has 1 fully saturated rings. The van der Waals surface area contributed by atoms with Crippen LogP contribution in [0, 0.1) is 0 Å². The lowest BCUT2D eigenvalue weighted by Crippen LogP contribution is -2.34. The minimum Gasteiger partial charge on any atom is -0.374 e. The fourth-order valence-corrected chi connectivity index (χ4v) is 4.67. The Balaban J connectivity index is 1.42. The number of pyridine rings is 1. The third-order valence-electron chi connectivity index (χ3n) is 6.26. The summed E-state index contributed by atoms with van der Waals surface area (Å²) in [5.74, 6) is 0.448. The highest BCUT2D eigenvalue weighted by Crippen LogP contribution is 2.29. The number of likely N-dealkylation sites (tertiary alicyclic amines) is 1. The van der Waals surface area contributed by atoms with E-state index in [9.17, 15) is 4.79 Å². The lowest BCUT2D eigenvalue weighted by Gasteiger charge is -2.33. The molecule has 29 heavy (non-hydrogen) atoms. The number of carbonyl (C=O) groups excluding carboxylic acids is 1. The van der Waals surface area contributed by atoms with E-state index in [1.54, 1.807) is 25.2 Å². The first-order valence-corrected chi connectivity index (χ1v) is 10.7. The molecule has 154 valence electrons. The first kappa shape index (κ1) is 19.9. The Labute approximate surface area is 174 Å². The monoisotopic (exact) mass is 392 g/mol. The van der Waals surface area contributed by atoms with Crippen molar-refractivity contribution in [3.05, 3.63) is 58.9 Å². The maximum Gasteiger partial charge on any atom is 0.254 e. The Hall–Kier alpha value is -2.40. The average molecular weight is 393 g/mol. The van der Waals surface area contributed by atoms with E-state index in [0.29, 0.717) is 11.5 Å². The second kappa shape index (κ2) is 8.54. The summed E-state index contributed by atoms with van der Waals surface area (Å²) < 4.78 is 0. The number of benzene rings is 1. The maximum absolute atomic E-state index is 12.1. The van der Waals surface area contributed by atoms with E-state index in [1.165, 1.54) is 42.5 Å². The van der Waals surface area contributed by atoms with Crippen molar-refractivity contribution < 1.29 is 4.79 Å². The number of piperidine rings is 1. The van der Waals surface area contributed by atoms with Crippen molar-refractivity contribution in [1.29, 1.82) is 0 Å². The van der Waals surface area contributed by atoms with Gasteiger partial charge in [-0.25, -0.2) is 0 Å². The summed E-state index contributed by atoms with van der Waals surface area (Å²) in [5, 5.41) is 0. The van der Waals surface area contributed by atoms with Gasteiger partial charge >= 0.3 is 0 Å². The van der Waals surface area contributed by atoms with Gasteiger partial charge in [-0.3, -0.25) is 14.7 Å². The zero-order valence-corrected chi connectivity index (χ0v) is 17.9. The van der Waals surface area contributed by atoms with Gasteiger partial charge in [-0.1, -0.05) is 12.1 Å². The van der Waals surface area contributed by atoms with Crippen LogP contribution in [0.2, 0.25) is 0 Å². The topological polar surface area (TPSA) is 39.7 Å². The number of hydrogen-bond donors (Lipinski definition) is 0. The largest absolute Gasteiger partial charge is 0.374 e. The van der Waals surface area contributed by atoms with Crippen molar-refractivity contribution in [3.63, 3.8) is 0 Å². The first-order valence-electron chi connectivity index (χ1n) is 10.7. The molecule has 0 aliphatic carbocycles. The number of amides is 1. The Kier molecular flexibility index (Phi) is 5.86. The Morgan fingerprint density at radius 3 is 2.79 bits per heavy atom. The smallest absolute Gasteiger partial charge is 0.254 e. The molecular weight excluding hydrogens is 360 g/mol. The molecule has 5 nitrogen and oxygen atoms in total. The Bertz CT molecular complexity index is 862. The number of rotatable bonds is 4. The van der Waals surface area contributed by atoms with Crippen LogP contribution in [0.5, 0.6) is 0 Å². The molecular formula is C24H32N4O. The van der Waals surface area contributed by atoms with E-state index in [-0.39, 0.29) is 5.91 Å². The van der Waals surface area contributed by atoms with E-state index >= 15 is 0 Å². The quantitative estimate of drug-likeness (QED) is 0.798. The normalized spacial score (nSPS) is 19.7. The fraction of sp³-hybridized carbons (Fsp3) is 0.500. The molecule has 1 aromatic heterocycles. The molecule has 1 aromatic carbocycles. The van der Waals surface area contributed by atoms with Crippen LogP contribution in [-0.2, 0) is 13.0 Å². The van der Waals surface area contributed by atoms with Crippen molar-refractivity contribution in [2.45, 2.75) is 38.1 Å². The lowest BCUT2D eigenvalue weighted by atomic mass is 9.93. The van der Waals surface area contributed by atoms with Crippen LogP contribution >= 0.6 is 0 Å². The number of aryl methyl sites for hydroxylation is 1. The summed E-state index contributed by atoms with van der Waals surface area (Å²) >= 11 is 0. The molecule has 1 atom stereocenters. The summed E-state index contributed by atoms with van der Waals surface area (Å²) in [7, 11) is 5.74. The molecule has 0 bridgehead atoms. The molecule has 4 rings (SSSR count). The van der Waals surface area contributed by atoms with Crippen LogP contribution in [0.15, 0.2) is 36.5 Å². The third kappa shape index (κ3) is 4.45. The molecule has 0 spiro atoms. The van der Waals surface area contributed by atoms with E-state index in [1.807, 2.05) is 12.1 Å². The molecule has 2 aliphatic rings. The Morgan fingerprint density at radius 2 is 2.03 bits per heavy atom. The van der Waals surface area contributed by atoms with Crippen LogP contribution < -0.4 is 4.90 Å². The van der Waals surface area contributed by atoms with Gasteiger partial charge in [-0.15, -0.1) is 0 Å². The van der Waals surface area contributed by atoms with E-state index < -0.39 is 0 Å². The summed E-state index contributed by atoms with van der Waals surface area (Å²) in [6, 6.07) is 11.0. The second-order valence-corrected chi connectivity index (χ2v) is 8.73. The van der Waals surface area contributed by atoms with Gasteiger partial charge in [0.2, 0.25) is 0 Å². The molecule has 5 heteroatoms. The molecule has 3 heterocycles. The number of aromatic nitrogens is 1. The molecule has 0 radical (unpaired) electrons. The fourth-order valence-electron chi connectivity index (χ4n) is 4.67.